The second kappa shape index (κ2) is 13.4. The highest BCUT2D eigenvalue weighted by atomic mass is 16.5. The van der Waals surface area contributed by atoms with Crippen LogP contribution >= 0.6 is 0 Å². The first-order chi connectivity index (χ1) is 19.5. The minimum Gasteiger partial charge on any atom is -0.381 e. The zero-order valence-electron chi connectivity index (χ0n) is 24.5. The van der Waals surface area contributed by atoms with Gasteiger partial charge in [-0.25, -0.2) is 0 Å². The van der Waals surface area contributed by atoms with Crippen molar-refractivity contribution in [1.29, 1.82) is 0 Å². The highest BCUT2D eigenvalue weighted by Gasteiger charge is 2.21. The lowest BCUT2D eigenvalue weighted by atomic mass is 10.1. The van der Waals surface area contributed by atoms with E-state index in [1.54, 1.807) is 0 Å². The van der Waals surface area contributed by atoms with E-state index in [9.17, 15) is 0 Å². The van der Waals surface area contributed by atoms with Gasteiger partial charge in [0.15, 0.2) is 5.65 Å². The Bertz CT molecular complexity index is 1260. The molecule has 216 valence electrons. The molecule has 2 aliphatic heterocycles. The number of fused-ring (bicyclic) bond motifs is 1. The van der Waals surface area contributed by atoms with Crippen LogP contribution < -0.4 is 15.5 Å². The molecular formula is C30H45N9O. The number of hydrogen-bond donors (Lipinski definition) is 2. The van der Waals surface area contributed by atoms with Gasteiger partial charge < -0.3 is 25.2 Å². The highest BCUT2D eigenvalue weighted by molar-refractivity contribution is 5.58. The molecule has 4 heterocycles. The van der Waals surface area contributed by atoms with Crippen molar-refractivity contribution in [3.63, 3.8) is 0 Å². The number of ether oxygens (including phenoxy) is 1. The lowest BCUT2D eigenvalue weighted by Crippen LogP contribution is -2.46. The first kappa shape index (κ1) is 28.3. The Morgan fingerprint density at radius 3 is 2.58 bits per heavy atom. The summed E-state index contributed by atoms with van der Waals surface area (Å²) in [5, 5.41) is 11.8. The minimum absolute atomic E-state index is 0.317. The number of hydrogen-bond acceptors (Lipinski definition) is 9. The molecular weight excluding hydrogens is 502 g/mol. The Hall–Kier alpha value is -3.21. The molecule has 0 atom stereocenters. The normalized spacial score (nSPS) is 17.5. The summed E-state index contributed by atoms with van der Waals surface area (Å²) in [5.41, 5.74) is 4.51. The van der Waals surface area contributed by atoms with Gasteiger partial charge in [-0.1, -0.05) is 44.2 Å². The van der Waals surface area contributed by atoms with E-state index in [1.165, 1.54) is 11.3 Å². The molecule has 0 bridgehead atoms. The van der Waals surface area contributed by atoms with E-state index in [2.05, 4.69) is 94.8 Å². The molecule has 0 unspecified atom stereocenters. The predicted octanol–water partition coefficient (Wildman–Crippen LogP) is 3.69. The van der Waals surface area contributed by atoms with Gasteiger partial charge in [-0.2, -0.15) is 19.6 Å². The first-order valence-electron chi connectivity index (χ1n) is 14.7. The summed E-state index contributed by atoms with van der Waals surface area (Å²) in [4.78, 5) is 17.0. The van der Waals surface area contributed by atoms with Crippen molar-refractivity contribution in [2.75, 3.05) is 82.1 Å². The molecule has 0 aliphatic carbocycles. The quantitative estimate of drug-likeness (QED) is 0.349. The summed E-state index contributed by atoms with van der Waals surface area (Å²) in [6.45, 7) is 12.7. The van der Waals surface area contributed by atoms with Gasteiger partial charge in [-0.15, -0.1) is 0 Å². The molecule has 0 saturated carbocycles. The summed E-state index contributed by atoms with van der Waals surface area (Å²) < 4.78 is 7.38. The summed E-state index contributed by atoms with van der Waals surface area (Å²) >= 11 is 0. The number of para-hydroxylation sites is 1. The molecule has 10 heteroatoms. The van der Waals surface area contributed by atoms with Crippen LogP contribution in [0.3, 0.4) is 0 Å². The molecule has 1 aromatic carbocycles. The highest BCUT2D eigenvalue weighted by Crippen LogP contribution is 2.26. The van der Waals surface area contributed by atoms with Crippen LogP contribution in [-0.4, -0.2) is 102 Å². The molecule has 40 heavy (non-hydrogen) atoms. The number of piperazine rings is 1. The van der Waals surface area contributed by atoms with E-state index in [4.69, 9.17) is 14.7 Å². The number of benzene rings is 1. The average Bonchev–Trinajstić information content (AvgIpc) is 3.40. The third-order valence-electron chi connectivity index (χ3n) is 7.71. The van der Waals surface area contributed by atoms with Crippen molar-refractivity contribution in [3.05, 3.63) is 53.7 Å². The number of likely N-dealkylation sites (N-methyl/N-ethyl adjacent to an activating group) is 1. The SMILES string of the molecule is CC(C)c1cnn2c(NCc3ccccc3N3CCN(CC=CCN(C)C)CC3)nc(NC3CCOCC3)nc12. The molecule has 2 N–H and O–H groups in total. The van der Waals surface area contributed by atoms with Crippen LogP contribution in [0.5, 0.6) is 0 Å². The van der Waals surface area contributed by atoms with Crippen molar-refractivity contribution in [2.24, 2.45) is 0 Å². The second-order valence-electron chi connectivity index (χ2n) is 11.4. The lowest BCUT2D eigenvalue weighted by molar-refractivity contribution is 0.0903. The van der Waals surface area contributed by atoms with E-state index in [0.29, 0.717) is 30.4 Å². The third-order valence-corrected chi connectivity index (χ3v) is 7.71. The molecule has 5 rings (SSSR count). The van der Waals surface area contributed by atoms with Crippen molar-refractivity contribution in [2.45, 2.75) is 45.2 Å². The Kier molecular flexibility index (Phi) is 9.51. The van der Waals surface area contributed by atoms with Crippen LogP contribution in [-0.2, 0) is 11.3 Å². The maximum Gasteiger partial charge on any atom is 0.229 e. The van der Waals surface area contributed by atoms with Crippen LogP contribution in [0.4, 0.5) is 17.6 Å². The van der Waals surface area contributed by atoms with Gasteiger partial charge in [0.25, 0.3) is 0 Å². The molecule has 3 aromatic rings. The Labute approximate surface area is 238 Å². The van der Waals surface area contributed by atoms with Crippen molar-refractivity contribution >= 4 is 23.2 Å². The predicted molar refractivity (Wildman–Crippen MR) is 162 cm³/mol. The molecule has 2 aromatic heterocycles. The van der Waals surface area contributed by atoms with E-state index in [0.717, 1.165) is 76.5 Å². The fourth-order valence-electron chi connectivity index (χ4n) is 5.33. The van der Waals surface area contributed by atoms with E-state index in [-0.39, 0.29) is 0 Å². The average molecular weight is 548 g/mol. The van der Waals surface area contributed by atoms with Crippen LogP contribution in [0.25, 0.3) is 5.65 Å². The number of nitrogens with one attached hydrogen (secondary N) is 2. The van der Waals surface area contributed by atoms with Crippen molar-refractivity contribution < 1.29 is 4.74 Å². The van der Waals surface area contributed by atoms with Gasteiger partial charge in [-0.05, 0) is 44.5 Å². The van der Waals surface area contributed by atoms with E-state index >= 15 is 0 Å². The molecule has 0 radical (unpaired) electrons. The Balaban J connectivity index is 1.28. The smallest absolute Gasteiger partial charge is 0.229 e. The zero-order chi connectivity index (χ0) is 27.9. The van der Waals surface area contributed by atoms with E-state index in [1.807, 2.05) is 10.7 Å². The number of rotatable bonds is 11. The molecule has 10 nitrogen and oxygen atoms in total. The maximum absolute atomic E-state index is 5.54. The van der Waals surface area contributed by atoms with Gasteiger partial charge in [0.2, 0.25) is 11.9 Å². The summed E-state index contributed by atoms with van der Waals surface area (Å²) in [5.74, 6) is 1.67. The zero-order valence-corrected chi connectivity index (χ0v) is 24.5. The standard InChI is InChI=1S/C30H45N9O/c1-23(2)26-22-32-39-28(26)34-29(33-25-11-19-40-20-12-25)35-30(39)31-21-24-9-5-6-10-27(24)38-17-15-37(16-18-38)14-8-7-13-36(3)4/h5-10,22-23,25H,11-21H2,1-4H3,(H2,31,33,34,35). The van der Waals surface area contributed by atoms with Gasteiger partial charge in [-0.3, -0.25) is 4.90 Å². The molecule has 2 saturated heterocycles. The summed E-state index contributed by atoms with van der Waals surface area (Å²) in [6, 6.07) is 9.02. The number of anilines is 3. The Morgan fingerprint density at radius 1 is 1.05 bits per heavy atom. The largest absolute Gasteiger partial charge is 0.381 e. The summed E-state index contributed by atoms with van der Waals surface area (Å²) in [6.07, 6.45) is 8.38. The van der Waals surface area contributed by atoms with Gasteiger partial charge in [0.05, 0.1) is 6.20 Å². The monoisotopic (exact) mass is 547 g/mol. The number of aromatic nitrogens is 4. The van der Waals surface area contributed by atoms with Crippen LogP contribution in [0.2, 0.25) is 0 Å². The number of nitrogens with zero attached hydrogens (tertiary/aromatic N) is 7. The molecule has 0 amide bonds. The first-order valence-corrected chi connectivity index (χ1v) is 14.7. The fourth-order valence-corrected chi connectivity index (χ4v) is 5.33. The topological polar surface area (TPSA) is 86.1 Å². The van der Waals surface area contributed by atoms with E-state index < -0.39 is 0 Å². The van der Waals surface area contributed by atoms with Crippen LogP contribution in [0.1, 0.15) is 43.7 Å². The van der Waals surface area contributed by atoms with Crippen molar-refractivity contribution in [1.82, 2.24) is 29.4 Å². The second-order valence-corrected chi connectivity index (χ2v) is 11.4. The van der Waals surface area contributed by atoms with Crippen molar-refractivity contribution in [3.8, 4) is 0 Å². The molecule has 0 spiro atoms. The molecule has 2 aliphatic rings. The third kappa shape index (κ3) is 7.10. The van der Waals surface area contributed by atoms with Gasteiger partial charge in [0.1, 0.15) is 0 Å². The maximum atomic E-state index is 5.54. The minimum atomic E-state index is 0.317. The molecule has 2 fully saturated rings. The van der Waals surface area contributed by atoms with Crippen LogP contribution in [0.15, 0.2) is 42.6 Å². The Morgan fingerprint density at radius 2 is 1.82 bits per heavy atom. The van der Waals surface area contributed by atoms with Gasteiger partial charge in [0, 0.05) is 76.3 Å². The van der Waals surface area contributed by atoms with Crippen LogP contribution in [0, 0.1) is 0 Å². The summed E-state index contributed by atoms with van der Waals surface area (Å²) in [7, 11) is 4.20. The van der Waals surface area contributed by atoms with Gasteiger partial charge >= 0.3 is 0 Å². The lowest BCUT2D eigenvalue weighted by Gasteiger charge is -2.36. The fraction of sp³-hybridized carbons (Fsp3) is 0.567.